The van der Waals surface area contributed by atoms with Crippen molar-refractivity contribution in [3.05, 3.63) is 34.6 Å². The molecule has 3 N–H and O–H groups in total. The third-order valence-corrected chi connectivity index (χ3v) is 3.37. The second-order valence-electron chi connectivity index (χ2n) is 4.97. The highest BCUT2D eigenvalue weighted by Gasteiger charge is 2.23. The fourth-order valence-corrected chi connectivity index (χ4v) is 2.03. The Kier molecular flexibility index (Phi) is 5.53. The fourth-order valence-electron chi connectivity index (χ4n) is 1.83. The van der Waals surface area contributed by atoms with Crippen LogP contribution in [0.4, 0.5) is 4.39 Å². The lowest BCUT2D eigenvalue weighted by Gasteiger charge is -2.28. The van der Waals surface area contributed by atoms with Crippen molar-refractivity contribution in [2.24, 2.45) is 5.84 Å². The van der Waals surface area contributed by atoms with Gasteiger partial charge in [-0.15, -0.1) is 0 Å². The average molecular weight is 275 g/mol. The van der Waals surface area contributed by atoms with Gasteiger partial charge < -0.3 is 4.74 Å². The molecule has 18 heavy (non-hydrogen) atoms. The van der Waals surface area contributed by atoms with E-state index in [0.717, 1.165) is 5.56 Å². The zero-order valence-corrected chi connectivity index (χ0v) is 11.7. The van der Waals surface area contributed by atoms with Crippen LogP contribution in [0.25, 0.3) is 0 Å². The van der Waals surface area contributed by atoms with Gasteiger partial charge in [0.05, 0.1) is 5.60 Å². The van der Waals surface area contributed by atoms with Crippen molar-refractivity contribution < 1.29 is 9.13 Å². The van der Waals surface area contributed by atoms with Gasteiger partial charge in [-0.2, -0.15) is 0 Å². The SMILES string of the molecule is COC(C)(C)CC(Cc1cc(F)ccc1Cl)NN. The Bertz CT molecular complexity index is 399. The van der Waals surface area contributed by atoms with Crippen LogP contribution in [0.1, 0.15) is 25.8 Å². The number of methoxy groups -OCH3 is 1. The molecule has 1 atom stereocenters. The number of hydrogen-bond donors (Lipinski definition) is 2. The van der Waals surface area contributed by atoms with Crippen LogP contribution in [-0.4, -0.2) is 18.8 Å². The molecule has 1 rings (SSSR count). The molecule has 0 radical (unpaired) electrons. The van der Waals surface area contributed by atoms with E-state index in [0.29, 0.717) is 17.9 Å². The molecular formula is C13H20ClFN2O. The van der Waals surface area contributed by atoms with Crippen LogP contribution >= 0.6 is 11.6 Å². The Hall–Kier alpha value is -0.680. The minimum atomic E-state index is -0.295. The van der Waals surface area contributed by atoms with Crippen LogP contribution in [0, 0.1) is 5.82 Å². The number of hydrazine groups is 1. The molecule has 0 heterocycles. The highest BCUT2D eigenvalue weighted by molar-refractivity contribution is 6.31. The molecule has 1 unspecified atom stereocenters. The van der Waals surface area contributed by atoms with Gasteiger partial charge in [0.25, 0.3) is 0 Å². The van der Waals surface area contributed by atoms with Crippen LogP contribution in [0.3, 0.4) is 0 Å². The number of halogens is 2. The molecule has 3 nitrogen and oxygen atoms in total. The van der Waals surface area contributed by atoms with Crippen LogP contribution in [-0.2, 0) is 11.2 Å². The van der Waals surface area contributed by atoms with Gasteiger partial charge in [-0.25, -0.2) is 4.39 Å². The monoisotopic (exact) mass is 274 g/mol. The molecule has 0 aromatic heterocycles. The molecule has 0 bridgehead atoms. The van der Waals surface area contributed by atoms with Gasteiger partial charge in [0, 0.05) is 18.2 Å². The normalized spacial score (nSPS) is 13.7. The number of nitrogens with one attached hydrogen (secondary N) is 1. The van der Waals surface area contributed by atoms with Crippen LogP contribution in [0.5, 0.6) is 0 Å². The van der Waals surface area contributed by atoms with E-state index in [2.05, 4.69) is 5.43 Å². The summed E-state index contributed by atoms with van der Waals surface area (Å²) in [6.45, 7) is 3.95. The Balaban J connectivity index is 2.77. The summed E-state index contributed by atoms with van der Waals surface area (Å²) in [6.07, 6.45) is 1.26. The van der Waals surface area contributed by atoms with Crippen molar-refractivity contribution in [3.8, 4) is 0 Å². The van der Waals surface area contributed by atoms with Gasteiger partial charge >= 0.3 is 0 Å². The van der Waals surface area contributed by atoms with Gasteiger partial charge in [-0.1, -0.05) is 11.6 Å². The summed E-state index contributed by atoms with van der Waals surface area (Å²) in [6, 6.07) is 4.31. The molecule has 5 heteroatoms. The molecule has 0 aliphatic carbocycles. The van der Waals surface area contributed by atoms with Crippen LogP contribution in [0.2, 0.25) is 5.02 Å². The summed E-state index contributed by atoms with van der Waals surface area (Å²) in [5.41, 5.74) is 3.17. The van der Waals surface area contributed by atoms with Crippen molar-refractivity contribution >= 4 is 11.6 Å². The first-order chi connectivity index (χ1) is 8.38. The molecule has 0 saturated carbocycles. The largest absolute Gasteiger partial charge is 0.379 e. The minimum Gasteiger partial charge on any atom is -0.379 e. The lowest BCUT2D eigenvalue weighted by atomic mass is 9.94. The van der Waals surface area contributed by atoms with Gasteiger partial charge in [-0.3, -0.25) is 11.3 Å². The predicted octanol–water partition coefficient (Wildman–Crippen LogP) is 2.67. The molecule has 0 saturated heterocycles. The van der Waals surface area contributed by atoms with E-state index >= 15 is 0 Å². The highest BCUT2D eigenvalue weighted by Crippen LogP contribution is 2.22. The zero-order chi connectivity index (χ0) is 13.8. The molecule has 1 aromatic carbocycles. The lowest BCUT2D eigenvalue weighted by Crippen LogP contribution is -2.42. The topological polar surface area (TPSA) is 47.3 Å². The zero-order valence-electron chi connectivity index (χ0n) is 11.0. The van der Waals surface area contributed by atoms with Crippen molar-refractivity contribution in [1.29, 1.82) is 0 Å². The molecule has 0 fully saturated rings. The third kappa shape index (κ3) is 4.53. The lowest BCUT2D eigenvalue weighted by molar-refractivity contribution is 0.00710. The van der Waals surface area contributed by atoms with E-state index in [1.165, 1.54) is 12.1 Å². The van der Waals surface area contributed by atoms with Crippen molar-refractivity contribution in [2.75, 3.05) is 7.11 Å². The molecule has 0 aliphatic heterocycles. The number of nitrogens with two attached hydrogens (primary N) is 1. The molecule has 0 aliphatic rings. The summed E-state index contributed by atoms with van der Waals surface area (Å²) in [7, 11) is 1.66. The third-order valence-electron chi connectivity index (χ3n) is 3.00. The Morgan fingerprint density at radius 3 is 2.72 bits per heavy atom. The second kappa shape index (κ2) is 6.48. The summed E-state index contributed by atoms with van der Waals surface area (Å²) in [4.78, 5) is 0. The first kappa shape index (κ1) is 15.4. The highest BCUT2D eigenvalue weighted by atomic mass is 35.5. The second-order valence-corrected chi connectivity index (χ2v) is 5.38. The van der Waals surface area contributed by atoms with Gasteiger partial charge in [0.1, 0.15) is 5.82 Å². The van der Waals surface area contributed by atoms with Gasteiger partial charge in [0.2, 0.25) is 0 Å². The first-order valence-corrected chi connectivity index (χ1v) is 6.21. The maximum absolute atomic E-state index is 13.2. The molecule has 0 spiro atoms. The van der Waals surface area contributed by atoms with Gasteiger partial charge in [0.15, 0.2) is 0 Å². The predicted molar refractivity (Wildman–Crippen MR) is 71.9 cm³/mol. The fraction of sp³-hybridized carbons (Fsp3) is 0.538. The quantitative estimate of drug-likeness (QED) is 0.619. The first-order valence-electron chi connectivity index (χ1n) is 5.83. The molecule has 1 aromatic rings. The van der Waals surface area contributed by atoms with Crippen molar-refractivity contribution in [3.63, 3.8) is 0 Å². The summed E-state index contributed by atoms with van der Waals surface area (Å²) < 4.78 is 18.5. The number of hydrogen-bond acceptors (Lipinski definition) is 3. The number of benzene rings is 1. The maximum atomic E-state index is 13.2. The van der Waals surface area contributed by atoms with E-state index < -0.39 is 0 Å². The van der Waals surface area contributed by atoms with E-state index in [1.807, 2.05) is 13.8 Å². The Morgan fingerprint density at radius 1 is 1.50 bits per heavy atom. The van der Waals surface area contributed by atoms with E-state index in [-0.39, 0.29) is 17.5 Å². The smallest absolute Gasteiger partial charge is 0.123 e. The van der Waals surface area contributed by atoms with Crippen LogP contribution in [0.15, 0.2) is 18.2 Å². The summed E-state index contributed by atoms with van der Waals surface area (Å²) >= 11 is 6.04. The standard InChI is InChI=1S/C13H20ClFN2O/c1-13(2,18-3)8-11(17-16)7-9-6-10(15)4-5-12(9)14/h4-6,11,17H,7-8,16H2,1-3H3. The van der Waals surface area contributed by atoms with E-state index in [9.17, 15) is 4.39 Å². The Morgan fingerprint density at radius 2 is 2.17 bits per heavy atom. The maximum Gasteiger partial charge on any atom is 0.123 e. The Labute approximate surface area is 112 Å². The van der Waals surface area contributed by atoms with E-state index in [4.69, 9.17) is 22.2 Å². The summed E-state index contributed by atoms with van der Waals surface area (Å²) in [5, 5.41) is 0.548. The molecule has 102 valence electrons. The van der Waals surface area contributed by atoms with Crippen molar-refractivity contribution in [2.45, 2.75) is 38.3 Å². The van der Waals surface area contributed by atoms with Gasteiger partial charge in [-0.05, 0) is 50.5 Å². The van der Waals surface area contributed by atoms with Crippen molar-refractivity contribution in [1.82, 2.24) is 5.43 Å². The number of ether oxygens (including phenoxy) is 1. The summed E-state index contributed by atoms with van der Waals surface area (Å²) in [5.74, 6) is 5.23. The van der Waals surface area contributed by atoms with E-state index in [1.54, 1.807) is 13.2 Å². The minimum absolute atomic E-state index is 0.0285. The average Bonchev–Trinajstić information content (AvgIpc) is 2.32. The molecule has 0 amide bonds. The molecular weight excluding hydrogens is 255 g/mol. The number of rotatable bonds is 6. The van der Waals surface area contributed by atoms with Crippen LogP contribution < -0.4 is 11.3 Å².